The largest absolute Gasteiger partial charge is 0.369 e. The molecule has 2 aliphatic rings. The van der Waals surface area contributed by atoms with E-state index in [4.69, 9.17) is 9.47 Å². The second kappa shape index (κ2) is 8.37. The van der Waals surface area contributed by atoms with Crippen molar-refractivity contribution < 1.29 is 14.3 Å². The zero-order valence-corrected chi connectivity index (χ0v) is 16.2. The molecule has 0 bridgehead atoms. The number of ether oxygens (including phenoxy) is 2. The van der Waals surface area contributed by atoms with E-state index in [1.165, 1.54) is 5.69 Å². The van der Waals surface area contributed by atoms with E-state index in [1.807, 2.05) is 12.1 Å². The second-order valence-electron chi connectivity index (χ2n) is 7.36. The number of nitrogens with one attached hydrogen (secondary N) is 1. The average Bonchev–Trinajstić information content (AvgIpc) is 3.07. The lowest BCUT2D eigenvalue weighted by atomic mass is 10.0. The van der Waals surface area contributed by atoms with Crippen molar-refractivity contribution in [3.05, 3.63) is 24.3 Å². The first-order valence-electron chi connectivity index (χ1n) is 9.68. The minimum absolute atomic E-state index is 0.0261. The van der Waals surface area contributed by atoms with Crippen molar-refractivity contribution in [3.63, 3.8) is 0 Å². The van der Waals surface area contributed by atoms with Crippen LogP contribution in [0.1, 0.15) is 33.6 Å². The number of piperidine rings is 1. The van der Waals surface area contributed by atoms with Crippen LogP contribution in [0.25, 0.3) is 0 Å². The number of hydrogen-bond donors (Lipinski definition) is 1. The van der Waals surface area contributed by atoms with E-state index < -0.39 is 0 Å². The quantitative estimate of drug-likeness (QED) is 0.844. The summed E-state index contributed by atoms with van der Waals surface area (Å²) in [6.07, 6.45) is 1.66. The predicted molar refractivity (Wildman–Crippen MR) is 104 cm³/mol. The Morgan fingerprint density at radius 1 is 1.19 bits per heavy atom. The maximum absolute atomic E-state index is 12.4. The van der Waals surface area contributed by atoms with Gasteiger partial charge in [0.2, 0.25) is 5.91 Å². The van der Waals surface area contributed by atoms with E-state index in [9.17, 15) is 4.79 Å². The second-order valence-corrected chi connectivity index (χ2v) is 7.36. The molecule has 1 N–H and O–H groups in total. The van der Waals surface area contributed by atoms with Crippen LogP contribution in [0.2, 0.25) is 0 Å². The number of benzene rings is 1. The molecular weight excluding hydrogens is 330 g/mol. The molecular formula is C20H31N3O3. The Hall–Kier alpha value is -1.63. The molecule has 1 spiro atoms. The van der Waals surface area contributed by atoms with Crippen LogP contribution < -0.4 is 10.2 Å². The number of rotatable bonds is 6. The lowest BCUT2D eigenvalue weighted by Gasteiger charge is -2.37. The van der Waals surface area contributed by atoms with Gasteiger partial charge in [-0.1, -0.05) is 0 Å². The van der Waals surface area contributed by atoms with Gasteiger partial charge in [-0.25, -0.2) is 0 Å². The van der Waals surface area contributed by atoms with Crippen molar-refractivity contribution in [1.82, 2.24) is 4.90 Å². The molecule has 1 amide bonds. The lowest BCUT2D eigenvalue weighted by Crippen LogP contribution is -2.47. The third-order valence-corrected chi connectivity index (χ3v) is 5.25. The fourth-order valence-corrected chi connectivity index (χ4v) is 3.82. The number of carbonyl (C=O) groups excluding carboxylic acids is 1. The highest BCUT2D eigenvalue weighted by molar-refractivity contribution is 5.92. The molecule has 0 radical (unpaired) electrons. The maximum atomic E-state index is 12.4. The molecule has 0 unspecified atom stereocenters. The fraction of sp³-hybridized carbons (Fsp3) is 0.650. The summed E-state index contributed by atoms with van der Waals surface area (Å²) in [5, 5.41) is 3.00. The van der Waals surface area contributed by atoms with Gasteiger partial charge in [0.1, 0.15) is 0 Å². The standard InChI is InChI=1S/C20H31N3O3/c1-4-23(16(2)3)18-7-5-17(6-8-18)21-19(24)15-22-11-9-20(10-12-22)25-13-14-26-20/h5-8,16H,4,9-15H2,1-3H3,(H,21,24). The van der Waals surface area contributed by atoms with E-state index >= 15 is 0 Å². The van der Waals surface area contributed by atoms with Crippen LogP contribution in [0.15, 0.2) is 24.3 Å². The Labute approximate surface area is 156 Å². The molecule has 3 rings (SSSR count). The lowest BCUT2D eigenvalue weighted by molar-refractivity contribution is -0.185. The van der Waals surface area contributed by atoms with Crippen LogP contribution in [0.5, 0.6) is 0 Å². The number of likely N-dealkylation sites (tertiary alicyclic amines) is 1. The zero-order chi connectivity index (χ0) is 18.6. The highest BCUT2D eigenvalue weighted by Gasteiger charge is 2.39. The molecule has 144 valence electrons. The molecule has 0 aliphatic carbocycles. The Kier molecular flexibility index (Phi) is 6.16. The molecule has 2 fully saturated rings. The van der Waals surface area contributed by atoms with Crippen molar-refractivity contribution in [1.29, 1.82) is 0 Å². The summed E-state index contributed by atoms with van der Waals surface area (Å²) < 4.78 is 11.5. The minimum atomic E-state index is -0.385. The summed E-state index contributed by atoms with van der Waals surface area (Å²) in [6.45, 7) is 10.9. The minimum Gasteiger partial charge on any atom is -0.369 e. The van der Waals surface area contributed by atoms with Gasteiger partial charge >= 0.3 is 0 Å². The van der Waals surface area contributed by atoms with Crippen LogP contribution in [-0.4, -0.2) is 62.0 Å². The van der Waals surface area contributed by atoms with Gasteiger partial charge in [0.25, 0.3) is 0 Å². The average molecular weight is 361 g/mol. The summed E-state index contributed by atoms with van der Waals surface area (Å²) in [5.41, 5.74) is 2.02. The van der Waals surface area contributed by atoms with Crippen molar-refractivity contribution >= 4 is 17.3 Å². The van der Waals surface area contributed by atoms with Gasteiger partial charge in [-0.05, 0) is 45.0 Å². The van der Waals surface area contributed by atoms with Crippen LogP contribution in [0, 0.1) is 0 Å². The number of anilines is 2. The summed E-state index contributed by atoms with van der Waals surface area (Å²) in [6, 6.07) is 8.54. The van der Waals surface area contributed by atoms with Gasteiger partial charge in [-0.3, -0.25) is 9.69 Å². The number of carbonyl (C=O) groups is 1. The van der Waals surface area contributed by atoms with Crippen molar-refractivity contribution in [3.8, 4) is 0 Å². The SMILES string of the molecule is CCN(c1ccc(NC(=O)CN2CCC3(CC2)OCCO3)cc1)C(C)C. The van der Waals surface area contributed by atoms with Crippen LogP contribution in [0.3, 0.4) is 0 Å². The first-order chi connectivity index (χ1) is 12.5. The summed E-state index contributed by atoms with van der Waals surface area (Å²) in [5.74, 6) is -0.358. The smallest absolute Gasteiger partial charge is 0.238 e. The van der Waals surface area contributed by atoms with Crippen molar-refractivity contribution in [2.45, 2.75) is 45.4 Å². The Morgan fingerprint density at radius 2 is 1.81 bits per heavy atom. The molecule has 2 heterocycles. The van der Waals surface area contributed by atoms with Crippen molar-refractivity contribution in [2.24, 2.45) is 0 Å². The van der Waals surface area contributed by atoms with E-state index in [0.29, 0.717) is 25.8 Å². The molecule has 26 heavy (non-hydrogen) atoms. The molecule has 1 aromatic carbocycles. The Balaban J connectivity index is 1.47. The Morgan fingerprint density at radius 3 is 2.35 bits per heavy atom. The van der Waals surface area contributed by atoms with Crippen LogP contribution >= 0.6 is 0 Å². The summed E-state index contributed by atoms with van der Waals surface area (Å²) in [4.78, 5) is 16.8. The third-order valence-electron chi connectivity index (χ3n) is 5.25. The molecule has 0 aromatic heterocycles. The van der Waals surface area contributed by atoms with E-state index in [2.05, 4.69) is 48.0 Å². The first kappa shape index (κ1) is 19.1. The highest BCUT2D eigenvalue weighted by atomic mass is 16.7. The number of amides is 1. The molecule has 0 saturated carbocycles. The first-order valence-corrected chi connectivity index (χ1v) is 9.68. The number of hydrogen-bond acceptors (Lipinski definition) is 5. The molecule has 1 aromatic rings. The fourth-order valence-electron chi connectivity index (χ4n) is 3.82. The van der Waals surface area contributed by atoms with Gasteiger partial charge in [-0.2, -0.15) is 0 Å². The van der Waals surface area contributed by atoms with Crippen molar-refractivity contribution in [2.75, 3.05) is 49.6 Å². The molecule has 6 heteroatoms. The molecule has 0 atom stereocenters. The summed E-state index contributed by atoms with van der Waals surface area (Å²) >= 11 is 0. The van der Waals surface area contributed by atoms with Gasteiger partial charge in [-0.15, -0.1) is 0 Å². The van der Waals surface area contributed by atoms with E-state index in [0.717, 1.165) is 38.2 Å². The zero-order valence-electron chi connectivity index (χ0n) is 16.2. The summed E-state index contributed by atoms with van der Waals surface area (Å²) in [7, 11) is 0. The molecule has 2 saturated heterocycles. The maximum Gasteiger partial charge on any atom is 0.238 e. The van der Waals surface area contributed by atoms with E-state index in [1.54, 1.807) is 0 Å². The molecule has 6 nitrogen and oxygen atoms in total. The van der Waals surface area contributed by atoms with Gasteiger partial charge < -0.3 is 19.7 Å². The third kappa shape index (κ3) is 4.55. The van der Waals surface area contributed by atoms with Gasteiger partial charge in [0, 0.05) is 49.9 Å². The van der Waals surface area contributed by atoms with Crippen LogP contribution in [-0.2, 0) is 14.3 Å². The topological polar surface area (TPSA) is 54.0 Å². The normalized spacial score (nSPS) is 19.8. The number of nitrogens with zero attached hydrogens (tertiary/aromatic N) is 2. The van der Waals surface area contributed by atoms with E-state index in [-0.39, 0.29) is 11.7 Å². The Bertz CT molecular complexity index is 587. The van der Waals surface area contributed by atoms with Crippen LogP contribution in [0.4, 0.5) is 11.4 Å². The highest BCUT2D eigenvalue weighted by Crippen LogP contribution is 2.31. The van der Waals surface area contributed by atoms with Gasteiger partial charge in [0.05, 0.1) is 19.8 Å². The predicted octanol–water partition coefficient (Wildman–Crippen LogP) is 2.70. The monoisotopic (exact) mass is 361 g/mol. The molecule has 2 aliphatic heterocycles. The van der Waals surface area contributed by atoms with Gasteiger partial charge in [0.15, 0.2) is 5.79 Å².